The van der Waals surface area contributed by atoms with Crippen LogP contribution in [0.4, 0.5) is 0 Å². The summed E-state index contributed by atoms with van der Waals surface area (Å²) < 4.78 is 2.25. The van der Waals surface area contributed by atoms with Crippen molar-refractivity contribution in [1.29, 1.82) is 0 Å². The summed E-state index contributed by atoms with van der Waals surface area (Å²) in [6.07, 6.45) is 5.17. The number of rotatable bonds is 5. The molecule has 29 heavy (non-hydrogen) atoms. The average molecular weight is 388 g/mol. The Morgan fingerprint density at radius 1 is 0.966 bits per heavy atom. The molecule has 2 fully saturated rings. The lowest BCUT2D eigenvalue weighted by Gasteiger charge is -2.36. The average Bonchev–Trinajstić information content (AvgIpc) is 3.38. The Bertz CT molecular complexity index is 933. The molecule has 0 spiro atoms. The van der Waals surface area contributed by atoms with E-state index >= 15 is 0 Å². The van der Waals surface area contributed by atoms with E-state index in [2.05, 4.69) is 93.0 Å². The fourth-order valence-electron chi connectivity index (χ4n) is 4.81. The summed E-state index contributed by atoms with van der Waals surface area (Å²) in [6.45, 7) is 6.46. The van der Waals surface area contributed by atoms with Gasteiger partial charge < -0.3 is 9.47 Å². The second kappa shape index (κ2) is 8.11. The molecule has 3 atom stereocenters. The number of benzene rings is 2. The third-order valence-electron chi connectivity index (χ3n) is 6.55. The zero-order valence-electron chi connectivity index (χ0n) is 17.0. The number of fused-ring (bicyclic) bond motifs is 1. The van der Waals surface area contributed by atoms with Crippen molar-refractivity contribution < 1.29 is 0 Å². The number of likely N-dealkylation sites (tertiary alicyclic amines) is 1. The zero-order valence-corrected chi connectivity index (χ0v) is 17.0. The molecule has 3 unspecified atom stereocenters. The summed E-state index contributed by atoms with van der Waals surface area (Å²) in [4.78, 5) is 6.95. The predicted molar refractivity (Wildman–Crippen MR) is 116 cm³/mol. The third-order valence-corrected chi connectivity index (χ3v) is 6.55. The molecule has 3 heterocycles. The number of aromatic nitrogens is 2. The highest BCUT2D eigenvalue weighted by atomic mass is 15.4. The summed E-state index contributed by atoms with van der Waals surface area (Å²) in [5, 5.41) is 0. The highest BCUT2D eigenvalue weighted by Crippen LogP contribution is 2.34. The van der Waals surface area contributed by atoms with Crippen molar-refractivity contribution in [2.45, 2.75) is 32.0 Å². The SMILES string of the molecule is Cc1nccn1CCN1CCC2NNC(c3ccc(-c4ccccc4)cc3)C2C1. The molecule has 2 aliphatic heterocycles. The van der Waals surface area contributed by atoms with Crippen LogP contribution in [-0.2, 0) is 6.54 Å². The number of aryl methyl sites for hydroxylation is 1. The first-order valence-electron chi connectivity index (χ1n) is 10.6. The van der Waals surface area contributed by atoms with Gasteiger partial charge in [-0.1, -0.05) is 54.6 Å². The van der Waals surface area contributed by atoms with Gasteiger partial charge in [-0.3, -0.25) is 5.43 Å². The summed E-state index contributed by atoms with van der Waals surface area (Å²) >= 11 is 0. The highest BCUT2D eigenvalue weighted by molar-refractivity contribution is 5.63. The lowest BCUT2D eigenvalue weighted by atomic mass is 9.84. The van der Waals surface area contributed by atoms with Crippen LogP contribution in [0.2, 0.25) is 0 Å². The molecule has 2 aliphatic rings. The lowest BCUT2D eigenvalue weighted by Crippen LogP contribution is -2.46. The summed E-state index contributed by atoms with van der Waals surface area (Å²) in [5.41, 5.74) is 11.1. The van der Waals surface area contributed by atoms with E-state index in [-0.39, 0.29) is 0 Å². The molecular formula is C24H29N5. The Labute approximate surface area is 172 Å². The molecule has 5 rings (SSSR count). The van der Waals surface area contributed by atoms with Gasteiger partial charge in [-0.15, -0.1) is 0 Å². The molecule has 3 aromatic rings. The fraction of sp³-hybridized carbons (Fsp3) is 0.375. The smallest absolute Gasteiger partial charge is 0.105 e. The molecular weight excluding hydrogens is 358 g/mol. The van der Waals surface area contributed by atoms with Gasteiger partial charge in [0.1, 0.15) is 5.82 Å². The number of piperidine rings is 1. The van der Waals surface area contributed by atoms with E-state index in [0.29, 0.717) is 18.0 Å². The molecule has 150 valence electrons. The van der Waals surface area contributed by atoms with Crippen LogP contribution in [0.5, 0.6) is 0 Å². The van der Waals surface area contributed by atoms with Crippen LogP contribution in [-0.4, -0.2) is 40.1 Å². The largest absolute Gasteiger partial charge is 0.334 e. The van der Waals surface area contributed by atoms with Crippen molar-refractivity contribution in [3.05, 3.63) is 78.4 Å². The molecule has 0 bridgehead atoms. The first-order valence-corrected chi connectivity index (χ1v) is 10.6. The maximum Gasteiger partial charge on any atom is 0.105 e. The fourth-order valence-corrected chi connectivity index (χ4v) is 4.81. The van der Waals surface area contributed by atoms with Crippen molar-refractivity contribution in [3.63, 3.8) is 0 Å². The third kappa shape index (κ3) is 3.86. The lowest BCUT2D eigenvalue weighted by molar-refractivity contribution is 0.150. The first-order chi connectivity index (χ1) is 14.3. The first kappa shape index (κ1) is 18.6. The second-order valence-corrected chi connectivity index (χ2v) is 8.28. The van der Waals surface area contributed by atoms with Crippen LogP contribution in [0.3, 0.4) is 0 Å². The van der Waals surface area contributed by atoms with E-state index in [0.717, 1.165) is 32.0 Å². The van der Waals surface area contributed by atoms with Crippen LogP contribution < -0.4 is 10.9 Å². The Hall–Kier alpha value is -2.47. The van der Waals surface area contributed by atoms with Gasteiger partial charge in [0.15, 0.2) is 0 Å². The normalized spacial score (nSPS) is 24.5. The summed E-state index contributed by atoms with van der Waals surface area (Å²) in [7, 11) is 0. The number of hydrogen-bond donors (Lipinski definition) is 2. The molecule has 2 saturated heterocycles. The Morgan fingerprint density at radius 3 is 2.52 bits per heavy atom. The summed E-state index contributed by atoms with van der Waals surface area (Å²) in [5.74, 6) is 1.69. The van der Waals surface area contributed by atoms with Gasteiger partial charge in [-0.05, 0) is 36.6 Å². The van der Waals surface area contributed by atoms with E-state index in [1.807, 2.05) is 6.20 Å². The molecule has 0 amide bonds. The van der Waals surface area contributed by atoms with Gasteiger partial charge in [0, 0.05) is 44.0 Å². The van der Waals surface area contributed by atoms with E-state index in [9.17, 15) is 0 Å². The highest BCUT2D eigenvalue weighted by Gasteiger charge is 2.40. The quantitative estimate of drug-likeness (QED) is 0.704. The maximum absolute atomic E-state index is 4.34. The van der Waals surface area contributed by atoms with Crippen LogP contribution >= 0.6 is 0 Å². The molecule has 2 N–H and O–H groups in total. The second-order valence-electron chi connectivity index (χ2n) is 8.28. The van der Waals surface area contributed by atoms with Crippen LogP contribution in [0.15, 0.2) is 67.0 Å². The van der Waals surface area contributed by atoms with Crippen LogP contribution in [0.1, 0.15) is 23.9 Å². The van der Waals surface area contributed by atoms with Crippen molar-refractivity contribution in [3.8, 4) is 11.1 Å². The Morgan fingerprint density at radius 2 is 1.76 bits per heavy atom. The molecule has 0 radical (unpaired) electrons. The maximum atomic E-state index is 4.34. The Kier molecular flexibility index (Phi) is 5.19. The van der Waals surface area contributed by atoms with E-state index in [1.165, 1.54) is 23.1 Å². The van der Waals surface area contributed by atoms with E-state index in [4.69, 9.17) is 0 Å². The predicted octanol–water partition coefficient (Wildman–Crippen LogP) is 3.40. The number of nitrogens with zero attached hydrogens (tertiary/aromatic N) is 3. The number of imidazole rings is 1. The van der Waals surface area contributed by atoms with Gasteiger partial charge in [0.2, 0.25) is 0 Å². The van der Waals surface area contributed by atoms with Gasteiger partial charge in [0.25, 0.3) is 0 Å². The van der Waals surface area contributed by atoms with Gasteiger partial charge in [0.05, 0.1) is 6.04 Å². The van der Waals surface area contributed by atoms with E-state index in [1.54, 1.807) is 0 Å². The molecule has 0 aliphatic carbocycles. The van der Waals surface area contributed by atoms with Gasteiger partial charge in [-0.2, -0.15) is 0 Å². The minimum atomic E-state index is 0.364. The van der Waals surface area contributed by atoms with Crippen molar-refractivity contribution in [2.75, 3.05) is 19.6 Å². The van der Waals surface area contributed by atoms with Crippen LogP contribution in [0.25, 0.3) is 11.1 Å². The molecule has 0 saturated carbocycles. The monoisotopic (exact) mass is 387 g/mol. The molecule has 5 heteroatoms. The minimum absolute atomic E-state index is 0.364. The van der Waals surface area contributed by atoms with Crippen molar-refractivity contribution in [2.24, 2.45) is 5.92 Å². The van der Waals surface area contributed by atoms with Gasteiger partial charge in [-0.25, -0.2) is 10.4 Å². The number of hydrazine groups is 1. The minimum Gasteiger partial charge on any atom is -0.334 e. The Balaban J connectivity index is 1.26. The van der Waals surface area contributed by atoms with E-state index < -0.39 is 0 Å². The van der Waals surface area contributed by atoms with Crippen molar-refractivity contribution in [1.82, 2.24) is 25.3 Å². The van der Waals surface area contributed by atoms with Crippen molar-refractivity contribution >= 4 is 0 Å². The zero-order chi connectivity index (χ0) is 19.6. The van der Waals surface area contributed by atoms with Crippen LogP contribution in [0, 0.1) is 12.8 Å². The summed E-state index contributed by atoms with van der Waals surface area (Å²) in [6, 6.07) is 20.6. The number of nitrogens with one attached hydrogen (secondary N) is 2. The molecule has 2 aromatic carbocycles. The van der Waals surface area contributed by atoms with Gasteiger partial charge >= 0.3 is 0 Å². The molecule has 1 aromatic heterocycles. The molecule has 5 nitrogen and oxygen atoms in total. The number of hydrogen-bond acceptors (Lipinski definition) is 4. The topological polar surface area (TPSA) is 45.1 Å². The standard InChI is InChI=1S/C24H29N5/c1-18-25-12-14-29(18)16-15-28-13-11-23-22(17-28)24(27-26-23)21-9-7-20(8-10-21)19-5-3-2-4-6-19/h2-10,12,14,22-24,26-27H,11,13,15-17H2,1H3.